The molecule has 0 radical (unpaired) electrons. The molecule has 1 aromatic carbocycles. The van der Waals surface area contributed by atoms with E-state index in [-0.39, 0.29) is 35.5 Å². The van der Waals surface area contributed by atoms with Crippen molar-refractivity contribution in [1.29, 1.82) is 0 Å². The number of phenolic OH excluding ortho intramolecular Hbond substituents is 1. The molecule has 7 nitrogen and oxygen atoms in total. The lowest BCUT2D eigenvalue weighted by atomic mass is 10.1. The van der Waals surface area contributed by atoms with Crippen molar-refractivity contribution in [3.63, 3.8) is 0 Å². The molecule has 0 spiro atoms. The van der Waals surface area contributed by atoms with Gasteiger partial charge in [-0.15, -0.1) is 10.2 Å². The Balaban J connectivity index is 1.86. The summed E-state index contributed by atoms with van der Waals surface area (Å²) in [6.45, 7) is -1.58. The first-order valence-corrected chi connectivity index (χ1v) is 7.66. The number of rotatable bonds is 5. The van der Waals surface area contributed by atoms with Crippen LogP contribution in [0.25, 0.3) is 11.3 Å². The van der Waals surface area contributed by atoms with Crippen LogP contribution in [-0.4, -0.2) is 59.4 Å². The molecule has 1 aliphatic heterocycles. The number of anilines is 1. The molecule has 2 heterocycles. The number of aliphatic hydroxyl groups excluding tert-OH is 1. The Morgan fingerprint density at radius 2 is 2.12 bits per heavy atom. The summed E-state index contributed by atoms with van der Waals surface area (Å²) in [5.41, 5.74) is 0.265. The molecule has 9 heteroatoms. The van der Waals surface area contributed by atoms with Gasteiger partial charge in [0.05, 0.1) is 24.9 Å². The summed E-state index contributed by atoms with van der Waals surface area (Å²) < 4.78 is 34.9. The first-order valence-electron chi connectivity index (χ1n) is 7.66. The summed E-state index contributed by atoms with van der Waals surface area (Å²) in [5.74, 6) is 0.160. The Morgan fingerprint density at radius 1 is 1.28 bits per heavy atom. The average molecular weight is 353 g/mol. The Bertz CT molecular complexity index is 715. The van der Waals surface area contributed by atoms with Crippen LogP contribution in [0.5, 0.6) is 11.5 Å². The smallest absolute Gasteiger partial charge is 0.387 e. The zero-order chi connectivity index (χ0) is 17.8. The number of aromatic hydroxyl groups is 1. The van der Waals surface area contributed by atoms with Crippen LogP contribution in [0, 0.1) is 0 Å². The second-order valence-electron chi connectivity index (χ2n) is 5.43. The number of phenols is 1. The van der Waals surface area contributed by atoms with E-state index in [9.17, 15) is 19.0 Å². The fourth-order valence-electron chi connectivity index (χ4n) is 2.64. The maximum absolute atomic E-state index is 12.5. The molecule has 2 aromatic rings. The van der Waals surface area contributed by atoms with E-state index < -0.39 is 6.61 Å². The molecule has 0 bridgehead atoms. The molecule has 1 atom stereocenters. The molecule has 2 N–H and O–H groups in total. The Morgan fingerprint density at radius 3 is 2.80 bits per heavy atom. The molecule has 0 saturated carbocycles. The molecule has 1 saturated heterocycles. The molecule has 1 aliphatic rings. The van der Waals surface area contributed by atoms with Crippen molar-refractivity contribution >= 4 is 5.82 Å². The fourth-order valence-corrected chi connectivity index (χ4v) is 2.64. The van der Waals surface area contributed by atoms with Gasteiger partial charge in [0.1, 0.15) is 17.2 Å². The van der Waals surface area contributed by atoms with Crippen LogP contribution in [0.2, 0.25) is 0 Å². The lowest BCUT2D eigenvalue weighted by molar-refractivity contribution is -0.0495. The van der Waals surface area contributed by atoms with E-state index in [2.05, 4.69) is 14.9 Å². The molecule has 0 aliphatic carbocycles. The van der Waals surface area contributed by atoms with Crippen molar-refractivity contribution in [2.45, 2.75) is 12.7 Å². The van der Waals surface area contributed by atoms with E-state index in [1.807, 2.05) is 4.90 Å². The van der Waals surface area contributed by atoms with Crippen LogP contribution in [0.3, 0.4) is 0 Å². The van der Waals surface area contributed by atoms with E-state index in [1.54, 1.807) is 12.1 Å². The van der Waals surface area contributed by atoms with Gasteiger partial charge in [0.25, 0.3) is 0 Å². The molecule has 1 fully saturated rings. The number of nitrogens with zero attached hydrogens (tertiary/aromatic N) is 3. The van der Waals surface area contributed by atoms with Crippen molar-refractivity contribution < 1.29 is 28.5 Å². The van der Waals surface area contributed by atoms with Gasteiger partial charge in [-0.25, -0.2) is 0 Å². The third-order valence-electron chi connectivity index (χ3n) is 3.79. The van der Waals surface area contributed by atoms with Crippen LogP contribution in [-0.2, 0) is 4.74 Å². The summed E-state index contributed by atoms with van der Waals surface area (Å²) in [5, 5.41) is 27.3. The summed E-state index contributed by atoms with van der Waals surface area (Å²) in [7, 11) is 0. The van der Waals surface area contributed by atoms with Crippen LogP contribution < -0.4 is 9.64 Å². The first kappa shape index (κ1) is 17.3. The largest absolute Gasteiger partial charge is 0.507 e. The van der Waals surface area contributed by atoms with Crippen molar-refractivity contribution in [3.8, 4) is 22.8 Å². The first-order chi connectivity index (χ1) is 12.1. The molecular weight excluding hydrogens is 336 g/mol. The minimum Gasteiger partial charge on any atom is -0.507 e. The maximum atomic E-state index is 12.5. The van der Waals surface area contributed by atoms with E-state index in [4.69, 9.17) is 4.74 Å². The number of hydrogen-bond acceptors (Lipinski definition) is 7. The normalized spacial score (nSPS) is 17.8. The monoisotopic (exact) mass is 353 g/mol. The number of ether oxygens (including phenoxy) is 2. The van der Waals surface area contributed by atoms with E-state index >= 15 is 0 Å². The van der Waals surface area contributed by atoms with Crippen LogP contribution in [0.1, 0.15) is 0 Å². The molecule has 0 unspecified atom stereocenters. The Labute approximate surface area is 142 Å². The van der Waals surface area contributed by atoms with Gasteiger partial charge in [-0.3, -0.25) is 0 Å². The zero-order valence-electron chi connectivity index (χ0n) is 13.2. The fraction of sp³-hybridized carbons (Fsp3) is 0.375. The third-order valence-corrected chi connectivity index (χ3v) is 3.79. The highest BCUT2D eigenvalue weighted by Gasteiger charge is 2.22. The van der Waals surface area contributed by atoms with Gasteiger partial charge in [-0.05, 0) is 24.3 Å². The van der Waals surface area contributed by atoms with Crippen molar-refractivity contribution in [1.82, 2.24) is 10.2 Å². The number of aromatic nitrogens is 2. The van der Waals surface area contributed by atoms with Crippen LogP contribution >= 0.6 is 0 Å². The molecule has 1 aromatic heterocycles. The average Bonchev–Trinajstić information content (AvgIpc) is 2.62. The van der Waals surface area contributed by atoms with Gasteiger partial charge in [0, 0.05) is 13.1 Å². The van der Waals surface area contributed by atoms with Gasteiger partial charge in [-0.1, -0.05) is 6.07 Å². The highest BCUT2D eigenvalue weighted by molar-refractivity contribution is 5.73. The number of aliphatic hydroxyl groups is 1. The third kappa shape index (κ3) is 3.94. The lowest BCUT2D eigenvalue weighted by Crippen LogP contribution is -2.44. The second-order valence-corrected chi connectivity index (χ2v) is 5.43. The summed E-state index contributed by atoms with van der Waals surface area (Å²) in [6.07, 6.45) is -0.292. The predicted molar refractivity (Wildman–Crippen MR) is 84.8 cm³/mol. The molecule has 25 heavy (non-hydrogen) atoms. The predicted octanol–water partition coefficient (Wildman–Crippen LogP) is 1.65. The summed E-state index contributed by atoms with van der Waals surface area (Å²) in [6, 6.07) is 7.32. The van der Waals surface area contributed by atoms with E-state index in [1.165, 1.54) is 18.2 Å². The summed E-state index contributed by atoms with van der Waals surface area (Å²) >= 11 is 0. The van der Waals surface area contributed by atoms with Crippen molar-refractivity contribution in [2.24, 2.45) is 0 Å². The van der Waals surface area contributed by atoms with Gasteiger partial charge < -0.3 is 24.6 Å². The van der Waals surface area contributed by atoms with Gasteiger partial charge in [-0.2, -0.15) is 8.78 Å². The zero-order valence-corrected chi connectivity index (χ0v) is 13.2. The number of hydrogen-bond donors (Lipinski definition) is 2. The number of alkyl halides is 2. The Hall–Kier alpha value is -2.52. The second kappa shape index (κ2) is 7.58. The number of benzene rings is 1. The maximum Gasteiger partial charge on any atom is 0.387 e. The Kier molecular flexibility index (Phi) is 5.25. The van der Waals surface area contributed by atoms with Crippen molar-refractivity contribution in [2.75, 3.05) is 31.2 Å². The quantitative estimate of drug-likeness (QED) is 0.845. The van der Waals surface area contributed by atoms with Gasteiger partial charge in [0.2, 0.25) is 0 Å². The number of halogens is 2. The molecular formula is C16H17F2N3O4. The summed E-state index contributed by atoms with van der Waals surface area (Å²) in [4.78, 5) is 1.91. The van der Waals surface area contributed by atoms with E-state index in [0.29, 0.717) is 25.5 Å². The van der Waals surface area contributed by atoms with Crippen LogP contribution in [0.15, 0.2) is 30.3 Å². The minimum atomic E-state index is -3.02. The SMILES string of the molecule is OC[C@@H]1CN(c2ccc(-c3c(O)cccc3OC(F)F)nn2)CCO1. The van der Waals surface area contributed by atoms with E-state index in [0.717, 1.165) is 0 Å². The number of morpholine rings is 1. The van der Waals surface area contributed by atoms with Gasteiger partial charge >= 0.3 is 6.61 Å². The van der Waals surface area contributed by atoms with Crippen LogP contribution in [0.4, 0.5) is 14.6 Å². The van der Waals surface area contributed by atoms with Crippen molar-refractivity contribution in [3.05, 3.63) is 30.3 Å². The molecule has 3 rings (SSSR count). The standard InChI is InChI=1S/C16H17F2N3O4/c17-16(18)25-13-3-1-2-12(23)15(13)11-4-5-14(20-19-11)21-6-7-24-10(8-21)9-22/h1-5,10,16,22-23H,6-9H2/t10-/m0/s1. The lowest BCUT2D eigenvalue weighted by Gasteiger charge is -2.32. The highest BCUT2D eigenvalue weighted by atomic mass is 19.3. The molecule has 134 valence electrons. The minimum absolute atomic E-state index is 0.0528. The highest BCUT2D eigenvalue weighted by Crippen LogP contribution is 2.37. The molecule has 0 amide bonds. The topological polar surface area (TPSA) is 87.9 Å². The van der Waals surface area contributed by atoms with Gasteiger partial charge in [0.15, 0.2) is 5.82 Å².